The van der Waals surface area contributed by atoms with E-state index in [0.717, 1.165) is 12.3 Å². The highest BCUT2D eigenvalue weighted by atomic mass is 16.5. The van der Waals surface area contributed by atoms with Gasteiger partial charge in [0.25, 0.3) is 5.91 Å². The summed E-state index contributed by atoms with van der Waals surface area (Å²) in [5, 5.41) is 10.4. The molecule has 3 rings (SSSR count). The molecule has 2 aromatic carbocycles. The van der Waals surface area contributed by atoms with Gasteiger partial charge in [0.15, 0.2) is 0 Å². The van der Waals surface area contributed by atoms with E-state index in [9.17, 15) is 9.90 Å². The molecule has 0 radical (unpaired) electrons. The van der Waals surface area contributed by atoms with Crippen LogP contribution in [0.4, 0.5) is 0 Å². The zero-order valence-corrected chi connectivity index (χ0v) is 18.1. The van der Waals surface area contributed by atoms with Crippen molar-refractivity contribution in [3.05, 3.63) is 66.2 Å². The Morgan fingerprint density at radius 1 is 1.19 bits per heavy atom. The molecule has 7 nitrogen and oxygen atoms in total. The van der Waals surface area contributed by atoms with E-state index in [2.05, 4.69) is 4.90 Å². The average molecular weight is 429 g/mol. The van der Waals surface area contributed by atoms with Crippen molar-refractivity contribution in [2.45, 2.75) is 12.2 Å². The summed E-state index contributed by atoms with van der Waals surface area (Å²) in [4.78, 5) is 16.9. The monoisotopic (exact) mass is 428 g/mol. The van der Waals surface area contributed by atoms with Crippen LogP contribution in [0.25, 0.3) is 0 Å². The quantitative estimate of drug-likeness (QED) is 0.590. The van der Waals surface area contributed by atoms with Gasteiger partial charge in [-0.2, -0.15) is 0 Å². The smallest absolute Gasteiger partial charge is 0.254 e. The summed E-state index contributed by atoms with van der Waals surface area (Å²) in [6.07, 6.45) is -0.727. The van der Waals surface area contributed by atoms with Crippen LogP contribution in [0, 0.1) is 0 Å². The van der Waals surface area contributed by atoms with Gasteiger partial charge in [-0.3, -0.25) is 9.69 Å². The summed E-state index contributed by atoms with van der Waals surface area (Å²) in [5.74, 6) is 0.712. The van der Waals surface area contributed by atoms with Crippen LogP contribution in [-0.4, -0.2) is 92.7 Å². The van der Waals surface area contributed by atoms with Crippen LogP contribution in [0.15, 0.2) is 60.7 Å². The minimum absolute atomic E-state index is 0.0327. The maximum atomic E-state index is 12.9. The number of amides is 1. The van der Waals surface area contributed by atoms with Crippen molar-refractivity contribution in [1.82, 2.24) is 9.80 Å². The molecule has 7 heteroatoms. The Balaban J connectivity index is 1.51. The second kappa shape index (κ2) is 12.4. The largest absolute Gasteiger partial charge is 0.491 e. The number of ether oxygens (including phenoxy) is 3. The van der Waals surface area contributed by atoms with Crippen molar-refractivity contribution in [3.63, 3.8) is 0 Å². The molecule has 1 saturated heterocycles. The van der Waals surface area contributed by atoms with Crippen molar-refractivity contribution in [2.24, 2.45) is 0 Å². The molecular formula is C24H32N2O5. The van der Waals surface area contributed by atoms with Gasteiger partial charge in [-0.1, -0.05) is 36.4 Å². The lowest BCUT2D eigenvalue weighted by Crippen LogP contribution is -2.51. The number of benzene rings is 2. The summed E-state index contributed by atoms with van der Waals surface area (Å²) < 4.78 is 16.8. The summed E-state index contributed by atoms with van der Waals surface area (Å²) in [6, 6.07) is 18.7. The van der Waals surface area contributed by atoms with Gasteiger partial charge in [0.2, 0.25) is 0 Å². The van der Waals surface area contributed by atoms with Crippen LogP contribution in [-0.2, 0) is 9.47 Å². The zero-order valence-electron chi connectivity index (χ0n) is 18.1. The molecule has 1 aliphatic rings. The maximum Gasteiger partial charge on any atom is 0.254 e. The molecule has 31 heavy (non-hydrogen) atoms. The van der Waals surface area contributed by atoms with E-state index >= 15 is 0 Å². The van der Waals surface area contributed by atoms with Crippen LogP contribution in [0.3, 0.4) is 0 Å². The first-order chi connectivity index (χ1) is 15.2. The van der Waals surface area contributed by atoms with Crippen molar-refractivity contribution >= 4 is 5.91 Å². The first-order valence-corrected chi connectivity index (χ1v) is 10.7. The topological polar surface area (TPSA) is 71.5 Å². The van der Waals surface area contributed by atoms with E-state index in [1.54, 1.807) is 12.0 Å². The standard InChI is InChI=1S/C24H32N2O5/c1-29-14-13-26(24(28)20-8-4-2-5-9-20)18-23-17-25(12-15-30-23)16-21(27)19-31-22-10-6-3-7-11-22/h2-11,21,23,27H,12-19H2,1H3/t21-,23-/m0/s1. The summed E-state index contributed by atoms with van der Waals surface area (Å²) in [6.45, 7) is 4.12. The van der Waals surface area contributed by atoms with Crippen molar-refractivity contribution in [2.75, 3.05) is 59.7 Å². The van der Waals surface area contributed by atoms with Gasteiger partial charge in [0.05, 0.1) is 19.3 Å². The first-order valence-electron chi connectivity index (χ1n) is 10.7. The number of para-hydroxylation sites is 1. The number of hydrogen-bond acceptors (Lipinski definition) is 6. The molecule has 0 aliphatic carbocycles. The maximum absolute atomic E-state index is 12.9. The summed E-state index contributed by atoms with van der Waals surface area (Å²) in [7, 11) is 1.63. The Hall–Kier alpha value is -2.45. The minimum Gasteiger partial charge on any atom is -0.491 e. The number of carbonyl (C=O) groups excluding carboxylic acids is 1. The molecule has 1 fully saturated rings. The lowest BCUT2D eigenvalue weighted by Gasteiger charge is -2.36. The van der Waals surface area contributed by atoms with E-state index in [-0.39, 0.29) is 18.6 Å². The Labute approximate surface area is 184 Å². The zero-order chi connectivity index (χ0) is 21.9. The predicted molar refractivity (Wildman–Crippen MR) is 118 cm³/mol. The number of aliphatic hydroxyl groups is 1. The fraction of sp³-hybridized carbons (Fsp3) is 0.458. The third-order valence-corrected chi connectivity index (χ3v) is 5.17. The van der Waals surface area contributed by atoms with E-state index in [1.807, 2.05) is 60.7 Å². The van der Waals surface area contributed by atoms with Crippen LogP contribution in [0.5, 0.6) is 5.75 Å². The Kier molecular flexibility index (Phi) is 9.30. The Morgan fingerprint density at radius 2 is 1.90 bits per heavy atom. The molecule has 0 aromatic heterocycles. The molecule has 2 atom stereocenters. The lowest BCUT2D eigenvalue weighted by atomic mass is 10.1. The Bertz CT molecular complexity index is 774. The van der Waals surface area contributed by atoms with Gasteiger partial charge in [0, 0.05) is 45.4 Å². The summed E-state index contributed by atoms with van der Waals surface area (Å²) in [5.41, 5.74) is 0.653. The molecule has 1 amide bonds. The van der Waals surface area contributed by atoms with E-state index < -0.39 is 6.10 Å². The molecule has 0 spiro atoms. The molecule has 1 heterocycles. The number of aliphatic hydroxyl groups excluding tert-OH is 1. The van der Waals surface area contributed by atoms with Crippen LogP contribution < -0.4 is 4.74 Å². The molecule has 0 unspecified atom stereocenters. The fourth-order valence-electron chi connectivity index (χ4n) is 3.60. The molecule has 1 aliphatic heterocycles. The number of methoxy groups -OCH3 is 1. The molecule has 0 saturated carbocycles. The molecule has 0 bridgehead atoms. The van der Waals surface area contributed by atoms with Crippen LogP contribution >= 0.6 is 0 Å². The van der Waals surface area contributed by atoms with E-state index in [1.165, 1.54) is 0 Å². The van der Waals surface area contributed by atoms with Crippen LogP contribution in [0.2, 0.25) is 0 Å². The second-order valence-electron chi connectivity index (χ2n) is 7.64. The normalized spacial score (nSPS) is 17.8. The number of nitrogens with zero attached hydrogens (tertiary/aromatic N) is 2. The van der Waals surface area contributed by atoms with E-state index in [0.29, 0.717) is 45.0 Å². The van der Waals surface area contributed by atoms with Gasteiger partial charge in [-0.15, -0.1) is 0 Å². The third-order valence-electron chi connectivity index (χ3n) is 5.17. The Morgan fingerprint density at radius 3 is 2.61 bits per heavy atom. The number of hydrogen-bond donors (Lipinski definition) is 1. The number of carbonyl (C=O) groups is 1. The van der Waals surface area contributed by atoms with Gasteiger partial charge < -0.3 is 24.2 Å². The summed E-state index contributed by atoms with van der Waals surface area (Å²) >= 11 is 0. The van der Waals surface area contributed by atoms with E-state index in [4.69, 9.17) is 14.2 Å². The highest BCUT2D eigenvalue weighted by Gasteiger charge is 2.26. The van der Waals surface area contributed by atoms with Gasteiger partial charge >= 0.3 is 0 Å². The third kappa shape index (κ3) is 7.63. The predicted octanol–water partition coefficient (Wildman–Crippen LogP) is 1.92. The SMILES string of the molecule is COCCN(C[C@@H]1CN(C[C@H](O)COc2ccccc2)CCO1)C(=O)c1ccccc1. The average Bonchev–Trinajstić information content (AvgIpc) is 2.81. The number of β-amino-alcohol motifs (C(OH)–C–C–N with tert-alkyl or cyclic N) is 1. The molecule has 1 N–H and O–H groups in total. The van der Waals surface area contributed by atoms with Crippen LogP contribution in [0.1, 0.15) is 10.4 Å². The second-order valence-corrected chi connectivity index (χ2v) is 7.64. The highest BCUT2D eigenvalue weighted by Crippen LogP contribution is 2.13. The van der Waals surface area contributed by atoms with Crippen molar-refractivity contribution < 1.29 is 24.1 Å². The number of morpholine rings is 1. The molecule has 168 valence electrons. The number of rotatable bonds is 11. The van der Waals surface area contributed by atoms with Crippen molar-refractivity contribution in [1.29, 1.82) is 0 Å². The fourth-order valence-corrected chi connectivity index (χ4v) is 3.60. The van der Waals surface area contributed by atoms with Crippen molar-refractivity contribution in [3.8, 4) is 5.75 Å². The minimum atomic E-state index is -0.602. The van der Waals surface area contributed by atoms with Gasteiger partial charge in [0.1, 0.15) is 18.5 Å². The molecular weight excluding hydrogens is 396 g/mol. The van der Waals surface area contributed by atoms with Gasteiger partial charge in [-0.05, 0) is 24.3 Å². The van der Waals surface area contributed by atoms with Gasteiger partial charge in [-0.25, -0.2) is 0 Å². The first kappa shape index (κ1) is 23.2. The lowest BCUT2D eigenvalue weighted by molar-refractivity contribution is -0.0546. The molecule has 2 aromatic rings. The highest BCUT2D eigenvalue weighted by molar-refractivity contribution is 5.94.